The van der Waals surface area contributed by atoms with E-state index in [0.29, 0.717) is 27.1 Å². The molecule has 34 heavy (non-hydrogen) atoms. The molecule has 2 heterocycles. The number of para-hydroxylation sites is 1. The first-order valence-electron chi connectivity index (χ1n) is 10.8. The summed E-state index contributed by atoms with van der Waals surface area (Å²) in [5.41, 5.74) is 7.66. The minimum absolute atomic E-state index is 0.00424. The molecule has 5 N–H and O–H groups in total. The predicted octanol–water partition coefficient (Wildman–Crippen LogP) is -0.477. The molecule has 0 bridgehead atoms. The number of rotatable bonds is 8. The molecule has 1 saturated carbocycles. The maximum absolute atomic E-state index is 13.0. The molecule has 0 saturated heterocycles. The molecule has 1 fully saturated rings. The highest BCUT2D eigenvalue weighted by Crippen LogP contribution is 2.40. The number of nitrogen functional groups attached to an aromatic ring is 1. The van der Waals surface area contributed by atoms with Gasteiger partial charge in [0.2, 0.25) is 5.91 Å². The third-order valence-corrected chi connectivity index (χ3v) is 5.80. The number of aromatic nitrogens is 3. The first-order chi connectivity index (χ1) is 16.1. The zero-order chi connectivity index (χ0) is 24.5. The molecule has 1 aromatic carbocycles. The summed E-state index contributed by atoms with van der Waals surface area (Å²) in [5, 5.41) is 17.9. The fourth-order valence-corrected chi connectivity index (χ4v) is 3.97. The third kappa shape index (κ3) is 5.50. The zero-order valence-corrected chi connectivity index (χ0v) is 20.2. The highest BCUT2D eigenvalue weighted by atomic mass is 32.1. The Morgan fingerprint density at radius 3 is 2.59 bits per heavy atom. The van der Waals surface area contributed by atoms with Crippen LogP contribution in [-0.4, -0.2) is 62.9 Å². The Kier molecular flexibility index (Phi) is 6.51. The SMILES string of the molecule is BC(B)(B)NC(=O)c1nnc(NC(=O)C2CC2)cc1Nc1cccc(-c2ncc(N)s2)c1OC. The van der Waals surface area contributed by atoms with Crippen molar-refractivity contribution in [2.75, 3.05) is 23.5 Å². The number of carbonyl (C=O) groups excluding carboxylic acids is 2. The lowest BCUT2D eigenvalue weighted by molar-refractivity contribution is -0.117. The van der Waals surface area contributed by atoms with E-state index in [1.54, 1.807) is 19.4 Å². The van der Waals surface area contributed by atoms with E-state index in [1.165, 1.54) is 11.3 Å². The number of hydrogen-bond donors (Lipinski definition) is 4. The molecule has 1 aliphatic carbocycles. The van der Waals surface area contributed by atoms with Gasteiger partial charge < -0.3 is 26.4 Å². The van der Waals surface area contributed by atoms with Crippen LogP contribution in [0.3, 0.4) is 0 Å². The minimum atomic E-state index is -0.475. The van der Waals surface area contributed by atoms with Crippen LogP contribution >= 0.6 is 11.3 Å². The van der Waals surface area contributed by atoms with Crippen LogP contribution in [0, 0.1) is 5.92 Å². The quantitative estimate of drug-likeness (QED) is 0.320. The van der Waals surface area contributed by atoms with Crippen molar-refractivity contribution in [2.45, 2.75) is 18.1 Å². The number of thiazole rings is 1. The summed E-state index contributed by atoms with van der Waals surface area (Å²) >= 11 is 1.34. The molecule has 4 rings (SSSR count). The molecule has 0 radical (unpaired) electrons. The normalized spacial score (nSPS) is 13.2. The number of amides is 2. The number of nitrogens with zero attached hydrogens (tertiary/aromatic N) is 3. The Labute approximate surface area is 203 Å². The maximum Gasteiger partial charge on any atom is 0.272 e. The third-order valence-electron chi connectivity index (χ3n) is 4.94. The van der Waals surface area contributed by atoms with Gasteiger partial charge in [0.25, 0.3) is 5.91 Å². The van der Waals surface area contributed by atoms with Gasteiger partial charge in [-0.1, -0.05) is 17.4 Å². The van der Waals surface area contributed by atoms with Crippen LogP contribution in [-0.2, 0) is 4.79 Å². The summed E-state index contributed by atoms with van der Waals surface area (Å²) < 4.78 is 5.68. The highest BCUT2D eigenvalue weighted by Gasteiger charge is 2.30. The fraction of sp³-hybridized carbons (Fsp3) is 0.250. The van der Waals surface area contributed by atoms with Crippen LogP contribution < -0.4 is 26.4 Å². The number of ether oxygens (including phenoxy) is 1. The molecule has 14 heteroatoms. The molecule has 0 aliphatic heterocycles. The van der Waals surface area contributed by atoms with E-state index in [-0.39, 0.29) is 23.3 Å². The predicted molar refractivity (Wildman–Crippen MR) is 141 cm³/mol. The Balaban J connectivity index is 1.72. The van der Waals surface area contributed by atoms with Gasteiger partial charge in [-0.2, -0.15) is 0 Å². The molecule has 2 aromatic heterocycles. The second-order valence-corrected chi connectivity index (χ2v) is 10.1. The van der Waals surface area contributed by atoms with Gasteiger partial charge in [-0.05, 0) is 30.2 Å². The van der Waals surface area contributed by atoms with Crippen molar-refractivity contribution < 1.29 is 14.3 Å². The molecule has 172 valence electrons. The monoisotopic (exact) mass is 475 g/mol. The van der Waals surface area contributed by atoms with E-state index in [2.05, 4.69) is 31.1 Å². The molecule has 1 aliphatic rings. The average Bonchev–Trinajstić information content (AvgIpc) is 3.53. The Morgan fingerprint density at radius 1 is 1.21 bits per heavy atom. The molecule has 2 amide bonds. The Hall–Kier alpha value is -3.54. The summed E-state index contributed by atoms with van der Waals surface area (Å²) in [7, 11) is 7.19. The van der Waals surface area contributed by atoms with Crippen molar-refractivity contribution in [3.63, 3.8) is 0 Å². The molecular formula is C20H24B3N7O3S. The fourth-order valence-electron chi connectivity index (χ4n) is 3.27. The van der Waals surface area contributed by atoms with E-state index in [4.69, 9.17) is 10.5 Å². The summed E-state index contributed by atoms with van der Waals surface area (Å²) in [6, 6.07) is 7.13. The highest BCUT2D eigenvalue weighted by molar-refractivity contribution is 7.18. The summed E-state index contributed by atoms with van der Waals surface area (Å²) in [6.07, 6.45) is 3.32. The van der Waals surface area contributed by atoms with Gasteiger partial charge in [0, 0.05) is 12.0 Å². The van der Waals surface area contributed by atoms with Gasteiger partial charge in [0.05, 0.1) is 30.2 Å². The summed E-state index contributed by atoms with van der Waals surface area (Å²) in [5.74, 6) is 0.289. The van der Waals surface area contributed by atoms with E-state index in [9.17, 15) is 9.59 Å². The molecule has 3 aromatic rings. The van der Waals surface area contributed by atoms with Crippen molar-refractivity contribution in [3.05, 3.63) is 36.2 Å². The van der Waals surface area contributed by atoms with Crippen molar-refractivity contribution in [1.82, 2.24) is 20.5 Å². The van der Waals surface area contributed by atoms with Crippen molar-refractivity contribution in [2.24, 2.45) is 5.92 Å². The Bertz CT molecular complexity index is 1240. The first kappa shape index (κ1) is 23.6. The van der Waals surface area contributed by atoms with Gasteiger partial charge in [0.1, 0.15) is 33.5 Å². The number of nitrogens with one attached hydrogen (secondary N) is 3. The smallest absolute Gasteiger partial charge is 0.272 e. The number of benzene rings is 1. The van der Waals surface area contributed by atoms with Crippen LogP contribution in [0.4, 0.5) is 22.2 Å². The van der Waals surface area contributed by atoms with Gasteiger partial charge in [0.15, 0.2) is 17.3 Å². The van der Waals surface area contributed by atoms with Gasteiger partial charge >= 0.3 is 0 Å². The van der Waals surface area contributed by atoms with Crippen molar-refractivity contribution in [3.8, 4) is 16.3 Å². The number of methoxy groups -OCH3 is 1. The van der Waals surface area contributed by atoms with E-state index in [0.717, 1.165) is 18.4 Å². The molecule has 0 atom stereocenters. The lowest BCUT2D eigenvalue weighted by atomic mass is 9.49. The number of anilines is 4. The van der Waals surface area contributed by atoms with Gasteiger partial charge in [-0.3, -0.25) is 9.59 Å². The molecule has 0 unspecified atom stereocenters. The van der Waals surface area contributed by atoms with Crippen LogP contribution in [0.15, 0.2) is 30.5 Å². The van der Waals surface area contributed by atoms with Crippen LogP contribution in [0.2, 0.25) is 0 Å². The lowest BCUT2D eigenvalue weighted by Gasteiger charge is -2.21. The van der Waals surface area contributed by atoms with Crippen LogP contribution in [0.25, 0.3) is 10.6 Å². The summed E-state index contributed by atoms with van der Waals surface area (Å²) in [6.45, 7) is 0. The van der Waals surface area contributed by atoms with Gasteiger partial charge in [-0.25, -0.2) is 4.98 Å². The lowest BCUT2D eigenvalue weighted by Crippen LogP contribution is -2.50. The van der Waals surface area contributed by atoms with E-state index in [1.807, 2.05) is 41.7 Å². The molecular weight excluding hydrogens is 451 g/mol. The van der Waals surface area contributed by atoms with Crippen LogP contribution in [0.5, 0.6) is 5.75 Å². The largest absolute Gasteiger partial charge is 0.494 e. The molecule has 0 spiro atoms. The van der Waals surface area contributed by atoms with Crippen molar-refractivity contribution >= 4 is 68.9 Å². The maximum atomic E-state index is 13.0. The second-order valence-electron chi connectivity index (χ2n) is 9.04. The van der Waals surface area contributed by atoms with E-state index >= 15 is 0 Å². The number of carbonyl (C=O) groups is 2. The topological polar surface area (TPSA) is 144 Å². The Morgan fingerprint density at radius 2 is 1.97 bits per heavy atom. The molecule has 10 nitrogen and oxygen atoms in total. The van der Waals surface area contributed by atoms with Gasteiger partial charge in [-0.15, -0.1) is 10.2 Å². The first-order valence-corrected chi connectivity index (χ1v) is 11.6. The number of hydrogen-bond acceptors (Lipinski definition) is 9. The summed E-state index contributed by atoms with van der Waals surface area (Å²) in [4.78, 5) is 29.6. The number of nitrogens with two attached hydrogens (primary N) is 1. The van der Waals surface area contributed by atoms with Crippen molar-refractivity contribution in [1.29, 1.82) is 0 Å². The minimum Gasteiger partial charge on any atom is -0.494 e. The zero-order valence-electron chi connectivity index (χ0n) is 19.4. The second kappa shape index (κ2) is 9.37. The van der Waals surface area contributed by atoms with E-state index < -0.39 is 11.1 Å². The van der Waals surface area contributed by atoms with Crippen LogP contribution in [0.1, 0.15) is 23.3 Å². The average molecular weight is 475 g/mol. The standard InChI is InChI=1S/C20H24B3N7O3S/c1-33-16-10(19-25-8-13(24)34-19)3-2-4-11(16)26-12-7-14(27-17(31)9-5-6-9)29-30-15(12)18(32)28-20(21,22)23/h2-4,7-9H,5-6,21-24H2,1H3,(H,28,32)(H2,26,27,29,31).